The minimum absolute atomic E-state index is 0.0747. The Morgan fingerprint density at radius 2 is 1.95 bits per heavy atom. The number of nitrogens with zero attached hydrogens (tertiary/aromatic N) is 3. The predicted molar refractivity (Wildman–Crippen MR) is 141 cm³/mol. The highest BCUT2D eigenvalue weighted by Gasteiger charge is 2.44. The molecule has 3 atom stereocenters. The molecular formula is C28H30N4O4S. The Labute approximate surface area is 219 Å². The van der Waals surface area contributed by atoms with Crippen LogP contribution in [0.2, 0.25) is 0 Å². The van der Waals surface area contributed by atoms with Crippen molar-refractivity contribution in [2.75, 3.05) is 6.54 Å². The molecule has 1 aromatic heterocycles. The molecule has 2 aliphatic heterocycles. The van der Waals surface area contributed by atoms with Crippen LogP contribution < -0.4 is 5.32 Å². The number of fused-ring (bicyclic) bond motifs is 1. The maximum atomic E-state index is 13.6. The maximum absolute atomic E-state index is 13.6. The lowest BCUT2D eigenvalue weighted by atomic mass is 10.1. The van der Waals surface area contributed by atoms with Gasteiger partial charge in [-0.1, -0.05) is 49.4 Å². The summed E-state index contributed by atoms with van der Waals surface area (Å²) in [6.45, 7) is 4.59. The van der Waals surface area contributed by atoms with Crippen LogP contribution in [0.4, 0.5) is 0 Å². The van der Waals surface area contributed by atoms with Crippen LogP contribution in [0.5, 0.6) is 0 Å². The number of amides is 3. The van der Waals surface area contributed by atoms with Crippen LogP contribution in [0.15, 0.2) is 54.0 Å². The van der Waals surface area contributed by atoms with E-state index in [2.05, 4.69) is 10.3 Å². The van der Waals surface area contributed by atoms with Gasteiger partial charge in [-0.25, -0.2) is 4.98 Å². The fourth-order valence-electron chi connectivity index (χ4n) is 5.21. The highest BCUT2D eigenvalue weighted by molar-refractivity contribution is 7.13. The average molecular weight is 519 g/mol. The number of nitrogens with one attached hydrogen (secondary N) is 1. The number of hydrogen-bond acceptors (Lipinski definition) is 6. The number of aromatic nitrogens is 1. The van der Waals surface area contributed by atoms with E-state index >= 15 is 0 Å². The van der Waals surface area contributed by atoms with E-state index in [0.717, 1.165) is 27.3 Å². The van der Waals surface area contributed by atoms with Crippen LogP contribution in [-0.2, 0) is 22.7 Å². The molecule has 1 saturated heterocycles. The van der Waals surface area contributed by atoms with Crippen LogP contribution in [0.3, 0.4) is 0 Å². The van der Waals surface area contributed by atoms with Crippen LogP contribution in [0, 0.1) is 6.92 Å². The van der Waals surface area contributed by atoms with Gasteiger partial charge in [0.2, 0.25) is 11.8 Å². The first-order valence-corrected chi connectivity index (χ1v) is 13.4. The largest absolute Gasteiger partial charge is 0.391 e. The Morgan fingerprint density at radius 1 is 1.19 bits per heavy atom. The minimum atomic E-state index is -0.786. The van der Waals surface area contributed by atoms with Gasteiger partial charge in [-0.3, -0.25) is 14.4 Å². The van der Waals surface area contributed by atoms with Gasteiger partial charge < -0.3 is 20.2 Å². The number of likely N-dealkylation sites (tertiary alicyclic amines) is 1. The fourth-order valence-corrected chi connectivity index (χ4v) is 6.03. The maximum Gasteiger partial charge on any atom is 0.255 e. The summed E-state index contributed by atoms with van der Waals surface area (Å²) in [6.07, 6.45) is -0.192. The normalized spacial score (nSPS) is 19.7. The van der Waals surface area contributed by atoms with E-state index in [1.54, 1.807) is 22.3 Å². The number of hydrogen-bond donors (Lipinski definition) is 2. The van der Waals surface area contributed by atoms with Crippen molar-refractivity contribution in [3.63, 3.8) is 0 Å². The summed E-state index contributed by atoms with van der Waals surface area (Å²) in [4.78, 5) is 48.2. The zero-order chi connectivity index (χ0) is 26.1. The molecule has 0 bridgehead atoms. The van der Waals surface area contributed by atoms with E-state index in [0.29, 0.717) is 25.1 Å². The number of rotatable bonds is 7. The molecule has 2 N–H and O–H groups in total. The molecule has 3 aromatic rings. The van der Waals surface area contributed by atoms with Crippen LogP contribution in [0.1, 0.15) is 46.9 Å². The molecule has 192 valence electrons. The Hall–Kier alpha value is -3.56. The van der Waals surface area contributed by atoms with Crippen molar-refractivity contribution in [3.8, 4) is 10.4 Å². The number of carbonyl (C=O) groups excluding carboxylic acids is 3. The summed E-state index contributed by atoms with van der Waals surface area (Å²) in [7, 11) is 0. The minimum Gasteiger partial charge on any atom is -0.391 e. The Kier molecular flexibility index (Phi) is 7.08. The third kappa shape index (κ3) is 4.89. The third-order valence-corrected chi connectivity index (χ3v) is 8.17. The molecule has 9 heteroatoms. The fraction of sp³-hybridized carbons (Fsp3) is 0.357. The predicted octanol–water partition coefficient (Wildman–Crippen LogP) is 3.13. The Balaban J connectivity index is 1.25. The number of thiazole rings is 1. The molecule has 0 radical (unpaired) electrons. The highest BCUT2D eigenvalue weighted by Crippen LogP contribution is 2.29. The number of β-amino-alcohol motifs (C(OH)–C–C–N with tert-alkyl or cyclic N) is 1. The standard InChI is InChI=1S/C28H30N4O4S/c1-3-23(31-14-20-6-4-5-7-22(20)27(31)35)28(36)32-15-21(33)12-24(32)26(34)29-13-18-8-10-19(11-9-18)25-17(2)30-16-37-25/h4-11,16,21,23-24,33H,3,12-15H2,1-2H3,(H,29,34)/t21-,23+,24+/m1/s1. The molecule has 0 unspecified atom stereocenters. The number of aliphatic hydroxyl groups excluding tert-OH is 1. The van der Waals surface area contributed by atoms with Gasteiger partial charge in [0.1, 0.15) is 12.1 Å². The number of aliphatic hydroxyl groups is 1. The molecule has 5 rings (SSSR count). The van der Waals surface area contributed by atoms with Crippen molar-refractivity contribution in [1.82, 2.24) is 20.1 Å². The lowest BCUT2D eigenvalue weighted by Gasteiger charge is -2.32. The topological polar surface area (TPSA) is 103 Å². The molecule has 2 aromatic carbocycles. The summed E-state index contributed by atoms with van der Waals surface area (Å²) in [5.74, 6) is -0.781. The molecule has 0 spiro atoms. The second kappa shape index (κ2) is 10.4. The van der Waals surface area contributed by atoms with E-state index in [4.69, 9.17) is 0 Å². The Morgan fingerprint density at radius 3 is 2.62 bits per heavy atom. The SMILES string of the molecule is CC[C@@H](C(=O)N1C[C@H](O)C[C@H]1C(=O)NCc1ccc(-c2scnc2C)cc1)N1Cc2ccccc2C1=O. The molecule has 1 fully saturated rings. The Bertz CT molecular complexity index is 1320. The van der Waals surface area contributed by atoms with Gasteiger partial charge in [0.15, 0.2) is 0 Å². The highest BCUT2D eigenvalue weighted by atomic mass is 32.1. The van der Waals surface area contributed by atoms with E-state index in [1.807, 2.05) is 61.8 Å². The van der Waals surface area contributed by atoms with E-state index in [1.165, 1.54) is 4.90 Å². The molecular weight excluding hydrogens is 488 g/mol. The lowest BCUT2D eigenvalue weighted by Crippen LogP contribution is -2.53. The van der Waals surface area contributed by atoms with Crippen molar-refractivity contribution in [1.29, 1.82) is 0 Å². The van der Waals surface area contributed by atoms with Crippen molar-refractivity contribution in [2.24, 2.45) is 0 Å². The summed E-state index contributed by atoms with van der Waals surface area (Å²) < 4.78 is 0. The second-order valence-corrected chi connectivity index (χ2v) is 10.4. The molecule has 3 heterocycles. The summed E-state index contributed by atoms with van der Waals surface area (Å²) in [5, 5.41) is 13.3. The molecule has 2 aliphatic rings. The van der Waals surface area contributed by atoms with Crippen LogP contribution in [0.25, 0.3) is 10.4 Å². The zero-order valence-electron chi connectivity index (χ0n) is 20.9. The van der Waals surface area contributed by atoms with Crippen molar-refractivity contribution < 1.29 is 19.5 Å². The monoisotopic (exact) mass is 518 g/mol. The summed E-state index contributed by atoms with van der Waals surface area (Å²) >= 11 is 1.59. The molecule has 0 saturated carbocycles. The van der Waals surface area contributed by atoms with E-state index in [-0.39, 0.29) is 30.7 Å². The van der Waals surface area contributed by atoms with Gasteiger partial charge in [-0.15, -0.1) is 11.3 Å². The zero-order valence-corrected chi connectivity index (χ0v) is 21.7. The summed E-state index contributed by atoms with van der Waals surface area (Å²) in [6, 6.07) is 13.8. The average Bonchev–Trinajstić information content (AvgIpc) is 3.60. The van der Waals surface area contributed by atoms with Gasteiger partial charge in [-0.2, -0.15) is 0 Å². The van der Waals surface area contributed by atoms with Gasteiger partial charge in [0.25, 0.3) is 5.91 Å². The van der Waals surface area contributed by atoms with Gasteiger partial charge in [0.05, 0.1) is 22.2 Å². The first-order valence-electron chi connectivity index (χ1n) is 12.5. The number of carbonyl (C=O) groups is 3. The van der Waals surface area contributed by atoms with E-state index in [9.17, 15) is 19.5 Å². The van der Waals surface area contributed by atoms with Crippen molar-refractivity contribution in [2.45, 2.75) is 58.0 Å². The van der Waals surface area contributed by atoms with Crippen LogP contribution >= 0.6 is 11.3 Å². The van der Waals surface area contributed by atoms with Gasteiger partial charge in [-0.05, 0) is 36.1 Å². The molecule has 3 amide bonds. The van der Waals surface area contributed by atoms with Crippen molar-refractivity contribution >= 4 is 29.1 Å². The lowest BCUT2D eigenvalue weighted by molar-refractivity contribution is -0.142. The van der Waals surface area contributed by atoms with Gasteiger partial charge in [0, 0.05) is 31.6 Å². The van der Waals surface area contributed by atoms with Crippen molar-refractivity contribution in [3.05, 3.63) is 76.4 Å². The first kappa shape index (κ1) is 25.1. The third-order valence-electron chi connectivity index (χ3n) is 7.19. The molecule has 37 heavy (non-hydrogen) atoms. The van der Waals surface area contributed by atoms with Gasteiger partial charge >= 0.3 is 0 Å². The molecule has 8 nitrogen and oxygen atoms in total. The second-order valence-electron chi connectivity index (χ2n) is 9.59. The molecule has 0 aliphatic carbocycles. The summed E-state index contributed by atoms with van der Waals surface area (Å²) in [5.41, 5.74) is 6.33. The van der Waals surface area contributed by atoms with Crippen LogP contribution in [-0.4, -0.2) is 62.3 Å². The quantitative estimate of drug-likeness (QED) is 0.500. The van der Waals surface area contributed by atoms with E-state index < -0.39 is 18.2 Å². The first-order chi connectivity index (χ1) is 17.9. The number of benzene rings is 2. The number of aryl methyl sites for hydroxylation is 1. The smallest absolute Gasteiger partial charge is 0.255 e.